The maximum absolute atomic E-state index is 11.6. The van der Waals surface area contributed by atoms with Crippen LogP contribution in [0, 0.1) is 10.1 Å². The zero-order valence-electron chi connectivity index (χ0n) is 12.5. The summed E-state index contributed by atoms with van der Waals surface area (Å²) in [6, 6.07) is 2.39. The van der Waals surface area contributed by atoms with Gasteiger partial charge in [-0.3, -0.25) is 15.0 Å². The molecule has 7 nitrogen and oxygen atoms in total. The zero-order valence-corrected chi connectivity index (χ0v) is 14.1. The fourth-order valence-corrected chi connectivity index (χ4v) is 5.06. The van der Waals surface area contributed by atoms with E-state index in [1.165, 1.54) is 12.8 Å². The SMILES string of the molecule is CC1CC(Nc2sc(S(C)(=O)=O)cc2[N+](=O)[O-])CN1C1CC1. The third-order valence-corrected chi connectivity index (χ3v) is 7.08. The van der Waals surface area contributed by atoms with E-state index in [0.29, 0.717) is 17.1 Å². The molecule has 22 heavy (non-hydrogen) atoms. The van der Waals surface area contributed by atoms with Gasteiger partial charge in [0.1, 0.15) is 4.21 Å². The Balaban J connectivity index is 1.80. The molecule has 1 aliphatic heterocycles. The molecular weight excluding hydrogens is 326 g/mol. The fraction of sp³-hybridized carbons (Fsp3) is 0.692. The lowest BCUT2D eigenvalue weighted by molar-refractivity contribution is -0.383. The van der Waals surface area contributed by atoms with Gasteiger partial charge in [0.15, 0.2) is 14.8 Å². The van der Waals surface area contributed by atoms with Crippen molar-refractivity contribution in [3.63, 3.8) is 0 Å². The highest BCUT2D eigenvalue weighted by molar-refractivity contribution is 7.92. The van der Waals surface area contributed by atoms with Gasteiger partial charge in [-0.05, 0) is 26.2 Å². The van der Waals surface area contributed by atoms with Gasteiger partial charge in [0.05, 0.1) is 4.92 Å². The summed E-state index contributed by atoms with van der Waals surface area (Å²) in [5, 5.41) is 14.7. The third-order valence-electron chi connectivity index (χ3n) is 4.23. The first-order valence-corrected chi connectivity index (χ1v) is 9.97. The smallest absolute Gasteiger partial charge is 0.304 e. The van der Waals surface area contributed by atoms with Crippen LogP contribution in [-0.4, -0.2) is 49.2 Å². The van der Waals surface area contributed by atoms with Crippen LogP contribution < -0.4 is 5.32 Å². The lowest BCUT2D eigenvalue weighted by Gasteiger charge is -2.19. The van der Waals surface area contributed by atoms with Gasteiger partial charge < -0.3 is 5.32 Å². The Morgan fingerprint density at radius 2 is 2.14 bits per heavy atom. The van der Waals surface area contributed by atoms with Crippen LogP contribution in [0.25, 0.3) is 0 Å². The first-order valence-electron chi connectivity index (χ1n) is 7.26. The van der Waals surface area contributed by atoms with Gasteiger partial charge in [-0.2, -0.15) is 0 Å². The van der Waals surface area contributed by atoms with E-state index in [9.17, 15) is 18.5 Å². The van der Waals surface area contributed by atoms with Crippen LogP contribution in [0.15, 0.2) is 10.3 Å². The molecule has 1 saturated carbocycles. The number of nitrogens with one attached hydrogen (secondary N) is 1. The molecule has 2 heterocycles. The molecule has 1 saturated heterocycles. The second-order valence-electron chi connectivity index (χ2n) is 6.16. The molecule has 1 aromatic heterocycles. The van der Waals surface area contributed by atoms with E-state index < -0.39 is 14.8 Å². The molecule has 0 amide bonds. The Labute approximate surface area is 133 Å². The lowest BCUT2D eigenvalue weighted by Crippen LogP contribution is -2.30. The highest BCUT2D eigenvalue weighted by Crippen LogP contribution is 2.39. The van der Waals surface area contributed by atoms with Gasteiger partial charge >= 0.3 is 5.69 Å². The summed E-state index contributed by atoms with van der Waals surface area (Å²) in [6.45, 7) is 3.03. The average Bonchev–Trinajstić information content (AvgIpc) is 3.03. The van der Waals surface area contributed by atoms with Crippen molar-refractivity contribution >= 4 is 31.9 Å². The number of sulfone groups is 1. The monoisotopic (exact) mass is 345 g/mol. The van der Waals surface area contributed by atoms with Crippen molar-refractivity contribution in [1.82, 2.24) is 4.90 Å². The Kier molecular flexibility index (Phi) is 3.90. The molecule has 3 rings (SSSR count). The van der Waals surface area contributed by atoms with Crippen molar-refractivity contribution in [2.45, 2.75) is 48.5 Å². The van der Waals surface area contributed by atoms with Crippen LogP contribution >= 0.6 is 11.3 Å². The van der Waals surface area contributed by atoms with Crippen LogP contribution in [0.1, 0.15) is 26.2 Å². The molecule has 2 atom stereocenters. The second-order valence-corrected chi connectivity index (χ2v) is 9.46. The number of hydrogen-bond acceptors (Lipinski definition) is 7. The molecule has 0 radical (unpaired) electrons. The minimum absolute atomic E-state index is 0.0341. The summed E-state index contributed by atoms with van der Waals surface area (Å²) in [5.41, 5.74) is -0.150. The predicted octanol–water partition coefficient (Wildman–Crippen LogP) is 2.10. The van der Waals surface area contributed by atoms with Gasteiger partial charge in [0.25, 0.3) is 0 Å². The molecule has 0 aromatic carbocycles. The van der Waals surface area contributed by atoms with Gasteiger partial charge in [-0.15, -0.1) is 0 Å². The number of thiophene rings is 1. The lowest BCUT2D eigenvalue weighted by atomic mass is 10.2. The standard InChI is InChI=1S/C13H19N3O4S2/c1-8-5-9(7-15(8)10-3-4-10)14-13-11(16(17)18)6-12(21-13)22(2,19)20/h6,8-10,14H,3-5,7H2,1-2H3. The Morgan fingerprint density at radius 3 is 2.68 bits per heavy atom. The van der Waals surface area contributed by atoms with Crippen molar-refractivity contribution in [2.75, 3.05) is 18.1 Å². The topological polar surface area (TPSA) is 92.5 Å². The highest BCUT2D eigenvalue weighted by atomic mass is 32.2. The summed E-state index contributed by atoms with van der Waals surface area (Å²) in [6.07, 6.45) is 4.45. The molecule has 2 fully saturated rings. The number of nitrogens with zero attached hydrogens (tertiary/aromatic N) is 2. The van der Waals surface area contributed by atoms with Gasteiger partial charge in [-0.1, -0.05) is 11.3 Å². The van der Waals surface area contributed by atoms with Crippen LogP contribution in [0.3, 0.4) is 0 Å². The van der Waals surface area contributed by atoms with Crippen LogP contribution in [0.2, 0.25) is 0 Å². The molecular formula is C13H19N3O4S2. The molecule has 9 heteroatoms. The summed E-state index contributed by atoms with van der Waals surface area (Å²) in [4.78, 5) is 13.1. The highest BCUT2D eigenvalue weighted by Gasteiger charge is 2.39. The first kappa shape index (κ1) is 15.7. The quantitative estimate of drug-likeness (QED) is 0.649. The van der Waals surface area contributed by atoms with E-state index in [-0.39, 0.29) is 15.9 Å². The summed E-state index contributed by atoms with van der Waals surface area (Å²) in [7, 11) is -3.43. The molecule has 122 valence electrons. The van der Waals surface area contributed by atoms with Gasteiger partial charge in [0.2, 0.25) is 0 Å². The van der Waals surface area contributed by atoms with Gasteiger partial charge in [-0.25, -0.2) is 8.42 Å². The van der Waals surface area contributed by atoms with E-state index in [1.54, 1.807) is 0 Å². The minimum atomic E-state index is -3.43. The minimum Gasteiger partial charge on any atom is -0.367 e. The predicted molar refractivity (Wildman–Crippen MR) is 85.3 cm³/mol. The number of nitro groups is 1. The van der Waals surface area contributed by atoms with Crippen molar-refractivity contribution in [3.8, 4) is 0 Å². The number of rotatable bonds is 5. The Bertz CT molecular complexity index is 696. The molecule has 1 N–H and O–H groups in total. The molecule has 0 spiro atoms. The first-order chi connectivity index (χ1) is 10.3. The van der Waals surface area contributed by atoms with Crippen molar-refractivity contribution < 1.29 is 13.3 Å². The molecule has 2 aliphatic rings. The van der Waals surface area contributed by atoms with E-state index in [2.05, 4.69) is 17.1 Å². The molecule has 1 aromatic rings. The largest absolute Gasteiger partial charge is 0.367 e. The van der Waals surface area contributed by atoms with Gasteiger partial charge in [0, 0.05) is 37.0 Å². The van der Waals surface area contributed by atoms with Crippen molar-refractivity contribution in [2.24, 2.45) is 0 Å². The third kappa shape index (κ3) is 3.11. The summed E-state index contributed by atoms with van der Waals surface area (Å²) in [5.74, 6) is 0. The second kappa shape index (κ2) is 5.47. The zero-order chi connectivity index (χ0) is 16.1. The van der Waals surface area contributed by atoms with Crippen LogP contribution in [0.4, 0.5) is 10.7 Å². The summed E-state index contributed by atoms with van der Waals surface area (Å²) >= 11 is 0.949. The van der Waals surface area contributed by atoms with Crippen LogP contribution in [-0.2, 0) is 9.84 Å². The number of likely N-dealkylation sites (tertiary alicyclic amines) is 1. The van der Waals surface area contributed by atoms with Crippen molar-refractivity contribution in [1.29, 1.82) is 0 Å². The molecule has 0 bridgehead atoms. The normalized spacial score (nSPS) is 26.3. The van der Waals surface area contributed by atoms with Crippen LogP contribution in [0.5, 0.6) is 0 Å². The van der Waals surface area contributed by atoms with E-state index in [1.807, 2.05) is 0 Å². The number of anilines is 1. The Hall–Kier alpha value is -1.19. The van der Waals surface area contributed by atoms with E-state index >= 15 is 0 Å². The average molecular weight is 345 g/mol. The molecule has 1 aliphatic carbocycles. The van der Waals surface area contributed by atoms with Crippen molar-refractivity contribution in [3.05, 3.63) is 16.2 Å². The maximum atomic E-state index is 11.6. The maximum Gasteiger partial charge on any atom is 0.304 e. The van der Waals surface area contributed by atoms with E-state index in [0.717, 1.165) is 36.6 Å². The molecule has 2 unspecified atom stereocenters. The number of hydrogen-bond donors (Lipinski definition) is 1. The fourth-order valence-electron chi connectivity index (χ4n) is 3.04. The summed E-state index contributed by atoms with van der Waals surface area (Å²) < 4.78 is 23.3. The Morgan fingerprint density at radius 1 is 1.45 bits per heavy atom. The van der Waals surface area contributed by atoms with E-state index in [4.69, 9.17) is 0 Å².